The van der Waals surface area contributed by atoms with Crippen LogP contribution in [0.3, 0.4) is 0 Å². The zero-order valence-electron chi connectivity index (χ0n) is 17.2. The number of benzene rings is 1. The standard InChI is InChI=1S/C23H22N4O5/c28-20-14-31-10-7-19(20)25-22(29)18-13-26(23(30)17-6-11-32-21(17)18)12-15-2-4-16(5-3-15)27-9-1-8-24-27/h1-6,8-9,11,13,19-20,28H,7,10,12,14H2,(H,25,29)/t19-,20-/m0/s1. The molecule has 9 heteroatoms. The first-order valence-electron chi connectivity index (χ1n) is 10.4. The molecule has 1 aliphatic rings. The molecule has 0 unspecified atom stereocenters. The summed E-state index contributed by atoms with van der Waals surface area (Å²) in [5, 5.41) is 17.5. The number of carbonyl (C=O) groups excluding carboxylic acids is 1. The van der Waals surface area contributed by atoms with Crippen molar-refractivity contribution >= 4 is 16.9 Å². The third-order valence-corrected chi connectivity index (χ3v) is 5.63. The van der Waals surface area contributed by atoms with Crippen LogP contribution in [-0.4, -0.2) is 50.7 Å². The number of fused-ring (bicyclic) bond motifs is 1. The van der Waals surface area contributed by atoms with Crippen LogP contribution in [0.4, 0.5) is 0 Å². The number of aromatic nitrogens is 3. The molecule has 32 heavy (non-hydrogen) atoms. The lowest BCUT2D eigenvalue weighted by Gasteiger charge is -2.28. The highest BCUT2D eigenvalue weighted by atomic mass is 16.5. The van der Waals surface area contributed by atoms with Gasteiger partial charge in [0.2, 0.25) is 0 Å². The van der Waals surface area contributed by atoms with E-state index in [0.717, 1.165) is 11.3 Å². The number of pyridine rings is 1. The Kier molecular flexibility index (Phi) is 5.34. The quantitative estimate of drug-likeness (QED) is 0.495. The zero-order chi connectivity index (χ0) is 22.1. The van der Waals surface area contributed by atoms with Crippen molar-refractivity contribution in [3.8, 4) is 5.69 Å². The number of nitrogens with one attached hydrogen (secondary N) is 1. The van der Waals surface area contributed by atoms with Gasteiger partial charge in [-0.2, -0.15) is 5.10 Å². The third-order valence-electron chi connectivity index (χ3n) is 5.63. The Morgan fingerprint density at radius 3 is 2.84 bits per heavy atom. The van der Waals surface area contributed by atoms with Gasteiger partial charge >= 0.3 is 0 Å². The van der Waals surface area contributed by atoms with E-state index in [0.29, 0.717) is 25.0 Å². The van der Waals surface area contributed by atoms with E-state index in [2.05, 4.69) is 10.4 Å². The second-order valence-corrected chi connectivity index (χ2v) is 7.77. The number of amides is 1. The number of hydrogen-bond acceptors (Lipinski definition) is 6. The molecule has 2 N–H and O–H groups in total. The van der Waals surface area contributed by atoms with E-state index in [1.807, 2.05) is 36.5 Å². The maximum Gasteiger partial charge on any atom is 0.262 e. The van der Waals surface area contributed by atoms with Gasteiger partial charge in [-0.25, -0.2) is 4.68 Å². The molecular formula is C23H22N4O5. The molecule has 0 bridgehead atoms. The molecule has 0 radical (unpaired) electrons. The molecular weight excluding hydrogens is 412 g/mol. The largest absolute Gasteiger partial charge is 0.463 e. The van der Waals surface area contributed by atoms with Gasteiger partial charge in [-0.3, -0.25) is 9.59 Å². The van der Waals surface area contributed by atoms with E-state index in [9.17, 15) is 14.7 Å². The monoisotopic (exact) mass is 434 g/mol. The lowest BCUT2D eigenvalue weighted by atomic mass is 10.1. The van der Waals surface area contributed by atoms with Gasteiger partial charge in [-0.15, -0.1) is 0 Å². The SMILES string of the molecule is O=C(N[C@H]1CCOC[C@@H]1O)c1cn(Cc2ccc(-n3cccn3)cc2)c(=O)c2ccoc12. The molecule has 0 aliphatic carbocycles. The summed E-state index contributed by atoms with van der Waals surface area (Å²) >= 11 is 0. The molecule has 1 aromatic carbocycles. The van der Waals surface area contributed by atoms with Gasteiger partial charge in [0.25, 0.3) is 11.5 Å². The summed E-state index contributed by atoms with van der Waals surface area (Å²) in [4.78, 5) is 26.0. The van der Waals surface area contributed by atoms with E-state index in [4.69, 9.17) is 9.15 Å². The molecule has 1 amide bonds. The van der Waals surface area contributed by atoms with Gasteiger partial charge in [0, 0.05) is 25.2 Å². The van der Waals surface area contributed by atoms with Crippen LogP contribution in [0.5, 0.6) is 0 Å². The van der Waals surface area contributed by atoms with E-state index >= 15 is 0 Å². The summed E-state index contributed by atoms with van der Waals surface area (Å²) in [5.74, 6) is -0.404. The second kappa shape index (κ2) is 8.45. The average molecular weight is 434 g/mol. The van der Waals surface area contributed by atoms with Crippen LogP contribution in [0.15, 0.2) is 70.5 Å². The fourth-order valence-electron chi connectivity index (χ4n) is 3.90. The fourth-order valence-corrected chi connectivity index (χ4v) is 3.90. The predicted molar refractivity (Wildman–Crippen MR) is 116 cm³/mol. The first-order valence-corrected chi connectivity index (χ1v) is 10.4. The maximum absolute atomic E-state index is 13.0. The lowest BCUT2D eigenvalue weighted by molar-refractivity contribution is -0.0260. The first-order chi connectivity index (χ1) is 15.6. The van der Waals surface area contributed by atoms with Gasteiger partial charge in [-0.05, 0) is 36.2 Å². The van der Waals surface area contributed by atoms with Crippen molar-refractivity contribution in [2.75, 3.05) is 13.2 Å². The summed E-state index contributed by atoms with van der Waals surface area (Å²) in [5.41, 5.74) is 2.05. The van der Waals surface area contributed by atoms with Crippen LogP contribution >= 0.6 is 0 Å². The number of aliphatic hydroxyl groups is 1. The summed E-state index contributed by atoms with van der Waals surface area (Å²) in [6, 6.07) is 10.7. The molecule has 2 atom stereocenters. The summed E-state index contributed by atoms with van der Waals surface area (Å²) in [7, 11) is 0. The molecule has 4 aromatic rings. The van der Waals surface area contributed by atoms with Crippen molar-refractivity contribution in [3.05, 3.63) is 82.7 Å². The van der Waals surface area contributed by atoms with Crippen molar-refractivity contribution in [3.63, 3.8) is 0 Å². The third kappa shape index (κ3) is 3.83. The topological polar surface area (TPSA) is 112 Å². The van der Waals surface area contributed by atoms with E-state index in [1.54, 1.807) is 16.9 Å². The van der Waals surface area contributed by atoms with Crippen molar-refractivity contribution in [2.45, 2.75) is 25.1 Å². The molecule has 4 heterocycles. The number of rotatable bonds is 5. The first kappa shape index (κ1) is 20.2. The van der Waals surface area contributed by atoms with E-state index < -0.39 is 18.1 Å². The Labute approximate surface area is 182 Å². The average Bonchev–Trinajstić information content (AvgIpc) is 3.50. The number of furan rings is 1. The van der Waals surface area contributed by atoms with Crippen LogP contribution in [0, 0.1) is 0 Å². The fraction of sp³-hybridized carbons (Fsp3) is 0.261. The Morgan fingerprint density at radius 2 is 2.09 bits per heavy atom. The number of nitrogens with zero attached hydrogens (tertiary/aromatic N) is 3. The Balaban J connectivity index is 1.44. The number of carbonyl (C=O) groups is 1. The predicted octanol–water partition coefficient (Wildman–Crippen LogP) is 1.71. The van der Waals surface area contributed by atoms with Crippen molar-refractivity contribution in [1.29, 1.82) is 0 Å². The molecule has 0 saturated carbocycles. The minimum absolute atomic E-state index is 0.176. The van der Waals surface area contributed by atoms with Crippen LogP contribution in [-0.2, 0) is 11.3 Å². The molecule has 5 rings (SSSR count). The van der Waals surface area contributed by atoms with E-state index in [1.165, 1.54) is 17.0 Å². The van der Waals surface area contributed by atoms with Gasteiger partial charge in [0.15, 0.2) is 5.58 Å². The van der Waals surface area contributed by atoms with Crippen LogP contribution in [0.25, 0.3) is 16.7 Å². The highest BCUT2D eigenvalue weighted by molar-refractivity contribution is 6.04. The molecule has 164 valence electrons. The zero-order valence-corrected chi connectivity index (χ0v) is 17.2. The smallest absolute Gasteiger partial charge is 0.262 e. The molecule has 0 spiro atoms. The molecule has 9 nitrogen and oxygen atoms in total. The number of aliphatic hydroxyl groups excluding tert-OH is 1. The minimum atomic E-state index is -0.779. The summed E-state index contributed by atoms with van der Waals surface area (Å²) < 4.78 is 13.9. The normalized spacial score (nSPS) is 18.7. The summed E-state index contributed by atoms with van der Waals surface area (Å²) in [6.45, 7) is 0.931. The summed E-state index contributed by atoms with van der Waals surface area (Å²) in [6.07, 6.45) is 6.20. The molecule has 1 fully saturated rings. The maximum atomic E-state index is 13.0. The Bertz CT molecular complexity index is 1290. The Hall–Kier alpha value is -3.69. The molecule has 1 aliphatic heterocycles. The van der Waals surface area contributed by atoms with E-state index in [-0.39, 0.29) is 23.3 Å². The lowest BCUT2D eigenvalue weighted by Crippen LogP contribution is -2.48. The van der Waals surface area contributed by atoms with Crippen LogP contribution in [0.1, 0.15) is 22.3 Å². The molecule has 3 aromatic heterocycles. The van der Waals surface area contributed by atoms with Crippen molar-refractivity contribution in [2.24, 2.45) is 0 Å². The van der Waals surface area contributed by atoms with Gasteiger partial charge < -0.3 is 24.1 Å². The van der Waals surface area contributed by atoms with Crippen LogP contribution in [0.2, 0.25) is 0 Å². The minimum Gasteiger partial charge on any atom is -0.463 e. The molecule has 1 saturated heterocycles. The highest BCUT2D eigenvalue weighted by Gasteiger charge is 2.27. The van der Waals surface area contributed by atoms with Crippen molar-refractivity contribution in [1.82, 2.24) is 19.7 Å². The Morgan fingerprint density at radius 1 is 1.25 bits per heavy atom. The number of ether oxygens (including phenoxy) is 1. The second-order valence-electron chi connectivity index (χ2n) is 7.77. The van der Waals surface area contributed by atoms with Crippen molar-refractivity contribution < 1.29 is 19.1 Å². The van der Waals surface area contributed by atoms with Gasteiger partial charge in [0.05, 0.1) is 48.2 Å². The van der Waals surface area contributed by atoms with Gasteiger partial charge in [-0.1, -0.05) is 12.1 Å². The highest BCUT2D eigenvalue weighted by Crippen LogP contribution is 2.19. The van der Waals surface area contributed by atoms with Gasteiger partial charge in [0.1, 0.15) is 0 Å². The van der Waals surface area contributed by atoms with Crippen LogP contribution < -0.4 is 10.9 Å². The number of hydrogen-bond donors (Lipinski definition) is 2.